The quantitative estimate of drug-likeness (QED) is 0.833. The molecule has 1 saturated carbocycles. The van der Waals surface area contributed by atoms with Gasteiger partial charge in [0.15, 0.2) is 0 Å². The van der Waals surface area contributed by atoms with Gasteiger partial charge in [-0.3, -0.25) is 0 Å². The molecular weight excluding hydrogens is 230 g/mol. The highest BCUT2D eigenvalue weighted by Crippen LogP contribution is 2.38. The first-order chi connectivity index (χ1) is 8.98. The molecule has 1 aliphatic rings. The SMILES string of the molecule is CC(CNC1CCC(C)(C)CC1C)c1ccccc1. The minimum atomic E-state index is 0.544. The van der Waals surface area contributed by atoms with E-state index in [0.29, 0.717) is 17.4 Å². The van der Waals surface area contributed by atoms with Gasteiger partial charge in [0.1, 0.15) is 0 Å². The summed E-state index contributed by atoms with van der Waals surface area (Å²) in [7, 11) is 0. The summed E-state index contributed by atoms with van der Waals surface area (Å²) in [5, 5.41) is 3.81. The number of benzene rings is 1. The van der Waals surface area contributed by atoms with E-state index in [2.05, 4.69) is 63.3 Å². The van der Waals surface area contributed by atoms with Gasteiger partial charge >= 0.3 is 0 Å². The molecule has 1 aromatic carbocycles. The smallest absolute Gasteiger partial charge is 0.00933 e. The molecule has 0 amide bonds. The van der Waals surface area contributed by atoms with Crippen molar-refractivity contribution in [3.05, 3.63) is 35.9 Å². The van der Waals surface area contributed by atoms with Crippen molar-refractivity contribution in [2.24, 2.45) is 11.3 Å². The van der Waals surface area contributed by atoms with Crippen LogP contribution in [0.2, 0.25) is 0 Å². The summed E-state index contributed by atoms with van der Waals surface area (Å²) < 4.78 is 0. The lowest BCUT2D eigenvalue weighted by molar-refractivity contribution is 0.148. The van der Waals surface area contributed by atoms with E-state index < -0.39 is 0 Å². The zero-order chi connectivity index (χ0) is 13.9. The van der Waals surface area contributed by atoms with E-state index in [-0.39, 0.29) is 0 Å². The van der Waals surface area contributed by atoms with Gasteiger partial charge in [-0.25, -0.2) is 0 Å². The second-order valence-electron chi connectivity index (χ2n) is 7.21. The van der Waals surface area contributed by atoms with E-state index in [4.69, 9.17) is 0 Å². The fraction of sp³-hybridized carbons (Fsp3) is 0.667. The summed E-state index contributed by atoms with van der Waals surface area (Å²) in [5.74, 6) is 1.40. The predicted octanol–water partition coefficient (Wildman–Crippen LogP) is 4.59. The molecular formula is C18H29N. The van der Waals surface area contributed by atoms with Crippen molar-refractivity contribution in [3.8, 4) is 0 Å². The lowest BCUT2D eigenvalue weighted by Crippen LogP contribution is -2.42. The highest BCUT2D eigenvalue weighted by Gasteiger charge is 2.32. The first kappa shape index (κ1) is 14.6. The highest BCUT2D eigenvalue weighted by atomic mass is 14.9. The van der Waals surface area contributed by atoms with Crippen LogP contribution in [0.25, 0.3) is 0 Å². The third-order valence-electron chi connectivity index (χ3n) is 4.75. The van der Waals surface area contributed by atoms with Crippen LogP contribution in [-0.4, -0.2) is 12.6 Å². The molecule has 1 nitrogen and oxygen atoms in total. The molecule has 19 heavy (non-hydrogen) atoms. The van der Waals surface area contributed by atoms with Crippen LogP contribution >= 0.6 is 0 Å². The standard InChI is InChI=1S/C18H29N/c1-14-12-18(3,4)11-10-17(14)19-13-15(2)16-8-6-5-7-9-16/h5-9,14-15,17,19H,10-13H2,1-4H3. The lowest BCUT2D eigenvalue weighted by atomic mass is 9.70. The summed E-state index contributed by atoms with van der Waals surface area (Å²) in [6.07, 6.45) is 4.04. The zero-order valence-corrected chi connectivity index (χ0v) is 12.9. The molecule has 1 aliphatic carbocycles. The van der Waals surface area contributed by atoms with E-state index in [0.717, 1.165) is 12.5 Å². The molecule has 1 heteroatoms. The van der Waals surface area contributed by atoms with Crippen molar-refractivity contribution in [2.75, 3.05) is 6.54 Å². The van der Waals surface area contributed by atoms with E-state index in [1.54, 1.807) is 0 Å². The predicted molar refractivity (Wildman–Crippen MR) is 83.4 cm³/mol. The Morgan fingerprint density at radius 2 is 1.95 bits per heavy atom. The molecule has 0 spiro atoms. The fourth-order valence-corrected chi connectivity index (χ4v) is 3.48. The van der Waals surface area contributed by atoms with Crippen LogP contribution in [0.4, 0.5) is 0 Å². The Morgan fingerprint density at radius 3 is 2.58 bits per heavy atom. The summed E-state index contributed by atoms with van der Waals surface area (Å²) in [4.78, 5) is 0. The molecule has 0 saturated heterocycles. The summed E-state index contributed by atoms with van der Waals surface area (Å²) in [5.41, 5.74) is 1.99. The number of nitrogens with one attached hydrogen (secondary N) is 1. The Balaban J connectivity index is 1.83. The van der Waals surface area contributed by atoms with Gasteiger partial charge in [0.25, 0.3) is 0 Å². The Hall–Kier alpha value is -0.820. The van der Waals surface area contributed by atoms with Crippen LogP contribution in [0.3, 0.4) is 0 Å². The molecule has 0 radical (unpaired) electrons. The van der Waals surface area contributed by atoms with Crippen LogP contribution in [0, 0.1) is 11.3 Å². The van der Waals surface area contributed by atoms with Crippen LogP contribution in [0.5, 0.6) is 0 Å². The second kappa shape index (κ2) is 6.09. The first-order valence-electron chi connectivity index (χ1n) is 7.76. The topological polar surface area (TPSA) is 12.0 Å². The third-order valence-corrected chi connectivity index (χ3v) is 4.75. The average Bonchev–Trinajstić information content (AvgIpc) is 2.37. The zero-order valence-electron chi connectivity index (χ0n) is 12.9. The molecule has 3 atom stereocenters. The first-order valence-corrected chi connectivity index (χ1v) is 7.76. The number of hydrogen-bond acceptors (Lipinski definition) is 1. The van der Waals surface area contributed by atoms with Crippen molar-refractivity contribution in [2.45, 2.75) is 58.9 Å². The van der Waals surface area contributed by atoms with E-state index in [1.165, 1.54) is 24.8 Å². The van der Waals surface area contributed by atoms with E-state index in [1.807, 2.05) is 0 Å². The maximum absolute atomic E-state index is 3.81. The Morgan fingerprint density at radius 1 is 1.26 bits per heavy atom. The molecule has 1 aromatic rings. The second-order valence-corrected chi connectivity index (χ2v) is 7.21. The maximum atomic E-state index is 3.81. The summed E-state index contributed by atoms with van der Waals surface area (Å²) >= 11 is 0. The minimum absolute atomic E-state index is 0.544. The van der Waals surface area contributed by atoms with Gasteiger partial charge in [0.05, 0.1) is 0 Å². The van der Waals surface area contributed by atoms with Crippen molar-refractivity contribution in [1.29, 1.82) is 0 Å². The molecule has 1 N–H and O–H groups in total. The van der Waals surface area contributed by atoms with Gasteiger partial charge < -0.3 is 5.32 Å². The Bertz CT molecular complexity index is 382. The third kappa shape index (κ3) is 4.07. The molecule has 2 rings (SSSR count). The van der Waals surface area contributed by atoms with Crippen LogP contribution in [0.1, 0.15) is 58.4 Å². The van der Waals surface area contributed by atoms with Gasteiger partial charge in [-0.15, -0.1) is 0 Å². The monoisotopic (exact) mass is 259 g/mol. The molecule has 0 bridgehead atoms. The number of hydrogen-bond donors (Lipinski definition) is 1. The molecule has 0 aliphatic heterocycles. The number of rotatable bonds is 4. The van der Waals surface area contributed by atoms with Gasteiger partial charge in [0.2, 0.25) is 0 Å². The van der Waals surface area contributed by atoms with E-state index >= 15 is 0 Å². The van der Waals surface area contributed by atoms with Gasteiger partial charge in [-0.05, 0) is 42.1 Å². The Labute approximate surface area is 118 Å². The lowest BCUT2D eigenvalue weighted by Gasteiger charge is -2.40. The molecule has 3 unspecified atom stereocenters. The Kier molecular flexibility index (Phi) is 4.67. The summed E-state index contributed by atoms with van der Waals surface area (Å²) in [6, 6.07) is 11.5. The molecule has 106 valence electrons. The largest absolute Gasteiger partial charge is 0.313 e. The van der Waals surface area contributed by atoms with E-state index in [9.17, 15) is 0 Å². The van der Waals surface area contributed by atoms with Crippen LogP contribution < -0.4 is 5.32 Å². The minimum Gasteiger partial charge on any atom is -0.313 e. The van der Waals surface area contributed by atoms with Crippen molar-refractivity contribution in [1.82, 2.24) is 5.32 Å². The van der Waals surface area contributed by atoms with Crippen molar-refractivity contribution < 1.29 is 0 Å². The van der Waals surface area contributed by atoms with Crippen LogP contribution in [-0.2, 0) is 0 Å². The fourth-order valence-electron chi connectivity index (χ4n) is 3.48. The van der Waals surface area contributed by atoms with Gasteiger partial charge in [-0.2, -0.15) is 0 Å². The maximum Gasteiger partial charge on any atom is 0.00933 e. The van der Waals surface area contributed by atoms with Gasteiger partial charge in [-0.1, -0.05) is 58.0 Å². The molecule has 0 aromatic heterocycles. The highest BCUT2D eigenvalue weighted by molar-refractivity contribution is 5.19. The van der Waals surface area contributed by atoms with Crippen molar-refractivity contribution in [3.63, 3.8) is 0 Å². The molecule has 0 heterocycles. The van der Waals surface area contributed by atoms with Crippen LogP contribution in [0.15, 0.2) is 30.3 Å². The average molecular weight is 259 g/mol. The molecule has 1 fully saturated rings. The normalized spacial score (nSPS) is 28.0. The summed E-state index contributed by atoms with van der Waals surface area (Å²) in [6.45, 7) is 10.6. The van der Waals surface area contributed by atoms with Crippen molar-refractivity contribution >= 4 is 0 Å². The van der Waals surface area contributed by atoms with Gasteiger partial charge in [0, 0.05) is 12.6 Å².